The number of hydrogen-bond acceptors (Lipinski definition) is 3. The van der Waals surface area contributed by atoms with Gasteiger partial charge >= 0.3 is 6.18 Å². The lowest BCUT2D eigenvalue weighted by Gasteiger charge is -2.13. The van der Waals surface area contributed by atoms with Crippen molar-refractivity contribution >= 4 is 35.3 Å². The Balaban J connectivity index is 0.00000243. The molecule has 0 spiro atoms. The summed E-state index contributed by atoms with van der Waals surface area (Å²) in [5.74, 6) is -1.67. The Morgan fingerprint density at radius 2 is 1.69 bits per heavy atom. The molecule has 3 rings (SSSR count). The third kappa shape index (κ3) is 3.47. The van der Waals surface area contributed by atoms with Gasteiger partial charge in [-0.1, -0.05) is 18.2 Å². The van der Waals surface area contributed by atoms with Crippen LogP contribution in [-0.4, -0.2) is 21.5 Å². The summed E-state index contributed by atoms with van der Waals surface area (Å²) in [6.45, 7) is 0. The van der Waals surface area contributed by atoms with Gasteiger partial charge < -0.3 is 5.73 Å². The number of aromatic nitrogens is 2. The highest BCUT2D eigenvalue weighted by Gasteiger charge is 2.35. The first-order chi connectivity index (χ1) is 11.8. The number of primary amides is 1. The quantitative estimate of drug-likeness (QED) is 0.727. The molecule has 26 heavy (non-hydrogen) atoms. The van der Waals surface area contributed by atoms with Crippen LogP contribution >= 0.6 is 12.4 Å². The van der Waals surface area contributed by atoms with Crippen LogP contribution < -0.4 is 11.2 Å². The first kappa shape index (κ1) is 19.3. The van der Waals surface area contributed by atoms with E-state index in [-0.39, 0.29) is 23.5 Å². The second-order valence-corrected chi connectivity index (χ2v) is 5.14. The lowest BCUT2D eigenvalue weighted by atomic mass is 10.1. The van der Waals surface area contributed by atoms with Crippen LogP contribution in [0.25, 0.3) is 11.0 Å². The molecule has 0 bridgehead atoms. The van der Waals surface area contributed by atoms with Crippen LogP contribution in [0.3, 0.4) is 0 Å². The number of rotatable bonds is 3. The fourth-order valence-electron chi connectivity index (χ4n) is 2.42. The minimum Gasteiger partial charge on any atom is -0.366 e. The number of benzene rings is 2. The Bertz CT molecular complexity index is 985. The zero-order valence-corrected chi connectivity index (χ0v) is 13.8. The maximum atomic E-state index is 13.0. The van der Waals surface area contributed by atoms with Gasteiger partial charge in [-0.25, -0.2) is 9.66 Å². The van der Waals surface area contributed by atoms with E-state index < -0.39 is 29.1 Å². The normalized spacial score (nSPS) is 11.0. The van der Waals surface area contributed by atoms with Crippen molar-refractivity contribution in [2.75, 3.05) is 5.43 Å². The van der Waals surface area contributed by atoms with Crippen LogP contribution in [0.1, 0.15) is 26.3 Å². The molecule has 1 heterocycles. The summed E-state index contributed by atoms with van der Waals surface area (Å²) in [4.78, 5) is 27.7. The van der Waals surface area contributed by atoms with E-state index >= 15 is 0 Å². The van der Waals surface area contributed by atoms with Crippen LogP contribution in [0.5, 0.6) is 0 Å². The monoisotopic (exact) mass is 384 g/mol. The summed E-state index contributed by atoms with van der Waals surface area (Å²) in [5.41, 5.74) is 6.70. The molecule has 0 aliphatic rings. The van der Waals surface area contributed by atoms with Crippen molar-refractivity contribution in [2.24, 2.45) is 5.73 Å². The minimum atomic E-state index is -4.66. The number of amides is 2. The van der Waals surface area contributed by atoms with Gasteiger partial charge in [0.1, 0.15) is 11.8 Å². The molecular weight excluding hydrogens is 373 g/mol. The van der Waals surface area contributed by atoms with E-state index in [1.54, 1.807) is 6.07 Å². The molecule has 0 radical (unpaired) electrons. The summed E-state index contributed by atoms with van der Waals surface area (Å²) in [7, 11) is 0. The van der Waals surface area contributed by atoms with Crippen LogP contribution in [0, 0.1) is 0 Å². The highest BCUT2D eigenvalue weighted by molar-refractivity contribution is 6.05. The number of carbonyl (C=O) groups excluding carboxylic acids is 2. The van der Waals surface area contributed by atoms with Crippen molar-refractivity contribution in [3.63, 3.8) is 0 Å². The van der Waals surface area contributed by atoms with E-state index in [1.807, 2.05) is 0 Å². The van der Waals surface area contributed by atoms with Gasteiger partial charge in [-0.3, -0.25) is 15.0 Å². The molecular formula is C16H12ClF3N4O2. The average molecular weight is 385 g/mol. The van der Waals surface area contributed by atoms with Gasteiger partial charge in [0.2, 0.25) is 0 Å². The zero-order chi connectivity index (χ0) is 18.2. The van der Waals surface area contributed by atoms with Crippen molar-refractivity contribution in [3.05, 3.63) is 65.5 Å². The summed E-state index contributed by atoms with van der Waals surface area (Å²) in [6.07, 6.45) is -3.48. The van der Waals surface area contributed by atoms with Gasteiger partial charge in [0, 0.05) is 0 Å². The third-order valence-electron chi connectivity index (χ3n) is 3.54. The third-order valence-corrected chi connectivity index (χ3v) is 3.54. The number of halogens is 4. The van der Waals surface area contributed by atoms with E-state index in [1.165, 1.54) is 30.6 Å². The topological polar surface area (TPSA) is 90.0 Å². The Morgan fingerprint density at radius 1 is 1.04 bits per heavy atom. The molecule has 1 aromatic heterocycles. The number of nitrogens with one attached hydrogen (secondary N) is 1. The standard InChI is InChI=1S/C16H11F3N4O2.ClH/c17-16(18,19)11-6-2-1-4-9(11)15(25)22-23-8-21-13-10(14(20)24)5-3-7-12(13)23;/h1-8H,(H2,20,24)(H,22,25);1H. The molecule has 0 saturated heterocycles. The van der Waals surface area contributed by atoms with E-state index in [0.29, 0.717) is 5.52 Å². The molecule has 3 aromatic rings. The molecule has 0 aliphatic heterocycles. The van der Waals surface area contributed by atoms with Gasteiger partial charge in [0.05, 0.1) is 22.2 Å². The van der Waals surface area contributed by atoms with Crippen molar-refractivity contribution in [3.8, 4) is 0 Å². The van der Waals surface area contributed by atoms with Crippen molar-refractivity contribution in [1.29, 1.82) is 0 Å². The number of nitrogens with two attached hydrogens (primary N) is 1. The maximum absolute atomic E-state index is 13.0. The van der Waals surface area contributed by atoms with E-state index in [9.17, 15) is 22.8 Å². The largest absolute Gasteiger partial charge is 0.417 e. The smallest absolute Gasteiger partial charge is 0.366 e. The van der Waals surface area contributed by atoms with E-state index in [4.69, 9.17) is 5.73 Å². The fraction of sp³-hybridized carbons (Fsp3) is 0.0625. The molecule has 6 nitrogen and oxygen atoms in total. The summed E-state index contributed by atoms with van der Waals surface area (Å²) >= 11 is 0. The van der Waals surface area contributed by atoms with E-state index in [2.05, 4.69) is 10.4 Å². The molecule has 10 heteroatoms. The summed E-state index contributed by atoms with van der Waals surface area (Å²) < 4.78 is 40.2. The molecule has 3 N–H and O–H groups in total. The van der Waals surface area contributed by atoms with Crippen LogP contribution in [0.4, 0.5) is 13.2 Å². The van der Waals surface area contributed by atoms with Crippen LogP contribution in [-0.2, 0) is 6.18 Å². The number of fused-ring (bicyclic) bond motifs is 1. The average Bonchev–Trinajstić information content (AvgIpc) is 2.97. The lowest BCUT2D eigenvalue weighted by Crippen LogP contribution is -2.25. The first-order valence-corrected chi connectivity index (χ1v) is 7.02. The number of alkyl halides is 3. The number of para-hydroxylation sites is 1. The summed E-state index contributed by atoms with van der Waals surface area (Å²) in [5, 5.41) is 0. The number of carbonyl (C=O) groups is 2. The zero-order valence-electron chi connectivity index (χ0n) is 12.9. The Kier molecular flexibility index (Phi) is 5.22. The molecule has 0 unspecified atom stereocenters. The highest BCUT2D eigenvalue weighted by atomic mass is 35.5. The Morgan fingerprint density at radius 3 is 2.35 bits per heavy atom. The molecule has 0 saturated carbocycles. The number of nitrogens with zero attached hydrogens (tertiary/aromatic N) is 2. The number of hydrogen-bond donors (Lipinski definition) is 2. The van der Waals surface area contributed by atoms with Crippen LogP contribution in [0.2, 0.25) is 0 Å². The van der Waals surface area contributed by atoms with Gasteiger partial charge in [-0.05, 0) is 24.3 Å². The number of imidazole rings is 1. The molecule has 2 aromatic carbocycles. The second kappa shape index (κ2) is 7.04. The Labute approximate surface area is 151 Å². The molecule has 0 atom stereocenters. The maximum Gasteiger partial charge on any atom is 0.417 e. The molecule has 0 aliphatic carbocycles. The first-order valence-electron chi connectivity index (χ1n) is 7.02. The van der Waals surface area contributed by atoms with Crippen molar-refractivity contribution in [2.45, 2.75) is 6.18 Å². The predicted molar refractivity (Wildman–Crippen MR) is 90.6 cm³/mol. The van der Waals surface area contributed by atoms with Crippen molar-refractivity contribution < 1.29 is 22.8 Å². The molecule has 0 fully saturated rings. The lowest BCUT2D eigenvalue weighted by molar-refractivity contribution is -0.137. The van der Waals surface area contributed by atoms with Gasteiger partial charge in [-0.15, -0.1) is 12.4 Å². The molecule has 136 valence electrons. The highest BCUT2D eigenvalue weighted by Crippen LogP contribution is 2.31. The summed E-state index contributed by atoms with van der Waals surface area (Å²) in [6, 6.07) is 8.97. The van der Waals surface area contributed by atoms with Gasteiger partial charge in [-0.2, -0.15) is 13.2 Å². The van der Waals surface area contributed by atoms with Gasteiger partial charge in [0.15, 0.2) is 0 Å². The SMILES string of the molecule is Cl.NC(=O)c1cccc2c1ncn2NC(=O)c1ccccc1C(F)(F)F. The van der Waals surface area contributed by atoms with E-state index in [0.717, 1.165) is 16.8 Å². The Hall–Kier alpha value is -3.07. The second-order valence-electron chi connectivity index (χ2n) is 5.14. The predicted octanol–water partition coefficient (Wildman–Crippen LogP) is 2.96. The minimum absolute atomic E-state index is 0. The van der Waals surface area contributed by atoms with Crippen molar-refractivity contribution in [1.82, 2.24) is 9.66 Å². The fourth-order valence-corrected chi connectivity index (χ4v) is 2.42. The molecule has 2 amide bonds. The van der Waals surface area contributed by atoms with Crippen LogP contribution in [0.15, 0.2) is 48.8 Å². The van der Waals surface area contributed by atoms with Gasteiger partial charge in [0.25, 0.3) is 11.8 Å².